The summed E-state index contributed by atoms with van der Waals surface area (Å²) in [6, 6.07) is 0. The minimum absolute atomic E-state index is 0.0872. The molecule has 11 heteroatoms. The minimum Gasteiger partial charge on any atom is -0.475 e. The van der Waals surface area contributed by atoms with Gasteiger partial charge in [0.1, 0.15) is 6.61 Å². The van der Waals surface area contributed by atoms with E-state index < -0.39 is 12.1 Å². The molecular weight excluding hydrogens is 399 g/mol. The molecule has 1 amide bonds. The van der Waals surface area contributed by atoms with Crippen LogP contribution in [0.4, 0.5) is 13.2 Å². The molecule has 158 valence electrons. The smallest absolute Gasteiger partial charge is 0.475 e. The summed E-state index contributed by atoms with van der Waals surface area (Å²) in [5.74, 6) is -2.67. The Morgan fingerprint density at radius 3 is 2.46 bits per heavy atom. The number of hydrogen-bond donors (Lipinski definition) is 1. The number of thiazole rings is 1. The van der Waals surface area contributed by atoms with E-state index in [1.807, 2.05) is 17.2 Å². The Labute approximate surface area is 165 Å². The second-order valence-electron chi connectivity index (χ2n) is 6.82. The standard InChI is InChI=1S/C15H23N3O2S.C2HF3O2/c1-3-17-6-4-15(5-7-17)11-18(14(19)9-20-15)8-13-10-21-12(2)16-13;3-2(4,5)1(6)7/h10H,3-9,11H2,1-2H3;(H,6,7). The average Bonchev–Trinajstić information content (AvgIpc) is 3.04. The quantitative estimate of drug-likeness (QED) is 0.803. The second-order valence-corrected chi connectivity index (χ2v) is 7.88. The zero-order valence-corrected chi connectivity index (χ0v) is 16.6. The molecule has 1 aromatic heterocycles. The molecule has 1 spiro atoms. The van der Waals surface area contributed by atoms with E-state index in [9.17, 15) is 18.0 Å². The van der Waals surface area contributed by atoms with Crippen molar-refractivity contribution in [2.75, 3.05) is 32.8 Å². The van der Waals surface area contributed by atoms with Gasteiger partial charge in [0.2, 0.25) is 5.91 Å². The number of nitrogens with zero attached hydrogens (tertiary/aromatic N) is 3. The number of halogens is 3. The van der Waals surface area contributed by atoms with Gasteiger partial charge < -0.3 is 19.6 Å². The maximum absolute atomic E-state index is 12.1. The molecule has 7 nitrogen and oxygen atoms in total. The Morgan fingerprint density at radius 1 is 1.39 bits per heavy atom. The van der Waals surface area contributed by atoms with E-state index in [4.69, 9.17) is 14.6 Å². The van der Waals surface area contributed by atoms with Crippen molar-refractivity contribution in [3.63, 3.8) is 0 Å². The van der Waals surface area contributed by atoms with Gasteiger partial charge in [-0.15, -0.1) is 11.3 Å². The van der Waals surface area contributed by atoms with Crippen LogP contribution in [0.3, 0.4) is 0 Å². The SMILES string of the molecule is CCN1CCC2(CC1)CN(Cc1csc(C)n1)C(=O)CO2.O=C(O)C(F)(F)F. The number of hydrogen-bond acceptors (Lipinski definition) is 6. The van der Waals surface area contributed by atoms with Crippen molar-refractivity contribution in [3.8, 4) is 0 Å². The number of likely N-dealkylation sites (tertiary alicyclic amines) is 1. The number of aryl methyl sites for hydroxylation is 1. The zero-order chi connectivity index (χ0) is 20.9. The fraction of sp³-hybridized carbons (Fsp3) is 0.706. The third kappa shape index (κ3) is 6.14. The van der Waals surface area contributed by atoms with Crippen molar-refractivity contribution in [2.45, 2.75) is 45.0 Å². The van der Waals surface area contributed by atoms with Crippen molar-refractivity contribution in [1.82, 2.24) is 14.8 Å². The van der Waals surface area contributed by atoms with Crippen LogP contribution in [0.5, 0.6) is 0 Å². The number of alkyl halides is 3. The second kappa shape index (κ2) is 9.19. The van der Waals surface area contributed by atoms with Gasteiger partial charge in [-0.25, -0.2) is 9.78 Å². The van der Waals surface area contributed by atoms with Crippen LogP contribution in [0, 0.1) is 6.92 Å². The molecule has 3 heterocycles. The number of amides is 1. The van der Waals surface area contributed by atoms with Gasteiger partial charge >= 0.3 is 12.1 Å². The molecule has 1 aromatic rings. The number of piperidine rings is 1. The summed E-state index contributed by atoms with van der Waals surface area (Å²) in [4.78, 5) is 29.9. The Kier molecular flexibility index (Phi) is 7.40. The molecule has 0 aliphatic carbocycles. The largest absolute Gasteiger partial charge is 0.490 e. The third-order valence-corrected chi connectivity index (χ3v) is 5.63. The van der Waals surface area contributed by atoms with Crippen molar-refractivity contribution < 1.29 is 32.6 Å². The van der Waals surface area contributed by atoms with Gasteiger partial charge in [0.05, 0.1) is 29.4 Å². The van der Waals surface area contributed by atoms with E-state index in [1.165, 1.54) is 0 Å². The molecule has 28 heavy (non-hydrogen) atoms. The maximum atomic E-state index is 12.1. The van der Waals surface area contributed by atoms with Gasteiger partial charge in [-0.05, 0) is 26.3 Å². The van der Waals surface area contributed by atoms with Crippen LogP contribution in [0.15, 0.2) is 5.38 Å². The van der Waals surface area contributed by atoms with Gasteiger partial charge in [-0.1, -0.05) is 6.92 Å². The van der Waals surface area contributed by atoms with Crippen molar-refractivity contribution >= 4 is 23.2 Å². The third-order valence-electron chi connectivity index (χ3n) is 4.81. The molecule has 2 aliphatic heterocycles. The van der Waals surface area contributed by atoms with E-state index in [0.29, 0.717) is 13.1 Å². The first-order valence-electron chi connectivity index (χ1n) is 8.90. The highest BCUT2D eigenvalue weighted by atomic mass is 32.1. The lowest BCUT2D eigenvalue weighted by molar-refractivity contribution is -0.192. The molecular formula is C17H24F3N3O4S. The molecule has 2 aliphatic rings. The summed E-state index contributed by atoms with van der Waals surface area (Å²) in [5.41, 5.74) is 0.860. The molecule has 0 radical (unpaired) electrons. The number of aliphatic carboxylic acids is 1. The van der Waals surface area contributed by atoms with E-state index in [-0.39, 0.29) is 18.1 Å². The lowest BCUT2D eigenvalue weighted by Gasteiger charge is -2.46. The molecule has 0 atom stereocenters. The Balaban J connectivity index is 0.000000345. The van der Waals surface area contributed by atoms with E-state index >= 15 is 0 Å². The summed E-state index contributed by atoms with van der Waals surface area (Å²) in [6.45, 7) is 8.96. The number of carbonyl (C=O) groups excluding carboxylic acids is 1. The van der Waals surface area contributed by atoms with Crippen LogP contribution < -0.4 is 0 Å². The van der Waals surface area contributed by atoms with Crippen LogP contribution in [-0.4, -0.2) is 76.3 Å². The number of ether oxygens (including phenoxy) is 1. The molecule has 0 saturated carbocycles. The number of carboxylic acid groups (broad SMARTS) is 1. The summed E-state index contributed by atoms with van der Waals surface area (Å²) >= 11 is 1.64. The maximum Gasteiger partial charge on any atom is 0.490 e. The highest BCUT2D eigenvalue weighted by Gasteiger charge is 2.42. The number of carboxylic acids is 1. The summed E-state index contributed by atoms with van der Waals surface area (Å²) in [7, 11) is 0. The van der Waals surface area contributed by atoms with Crippen molar-refractivity contribution in [1.29, 1.82) is 0 Å². The normalized spacial score (nSPS) is 20.0. The Morgan fingerprint density at radius 2 is 2.00 bits per heavy atom. The summed E-state index contributed by atoms with van der Waals surface area (Å²) in [6.07, 6.45) is -3.05. The first kappa shape index (κ1) is 22.6. The molecule has 0 aromatic carbocycles. The molecule has 2 saturated heterocycles. The summed E-state index contributed by atoms with van der Waals surface area (Å²) in [5, 5.41) is 10.2. The minimum atomic E-state index is -5.08. The van der Waals surface area contributed by atoms with Crippen LogP contribution in [-0.2, 0) is 20.9 Å². The molecule has 3 rings (SSSR count). The highest BCUT2D eigenvalue weighted by molar-refractivity contribution is 7.09. The van der Waals surface area contributed by atoms with Crippen molar-refractivity contribution in [3.05, 3.63) is 16.1 Å². The van der Waals surface area contributed by atoms with Gasteiger partial charge in [0.25, 0.3) is 0 Å². The van der Waals surface area contributed by atoms with Gasteiger partial charge in [0.15, 0.2) is 0 Å². The predicted molar refractivity (Wildman–Crippen MR) is 96.0 cm³/mol. The summed E-state index contributed by atoms with van der Waals surface area (Å²) < 4.78 is 37.7. The zero-order valence-electron chi connectivity index (χ0n) is 15.8. The van der Waals surface area contributed by atoms with Crippen LogP contribution >= 0.6 is 11.3 Å². The molecule has 1 N–H and O–H groups in total. The van der Waals surface area contributed by atoms with E-state index in [0.717, 1.165) is 43.2 Å². The van der Waals surface area contributed by atoms with Gasteiger partial charge in [-0.2, -0.15) is 13.2 Å². The van der Waals surface area contributed by atoms with Crippen LogP contribution in [0.2, 0.25) is 0 Å². The average molecular weight is 423 g/mol. The molecule has 0 bridgehead atoms. The lowest BCUT2D eigenvalue weighted by Crippen LogP contribution is -2.58. The lowest BCUT2D eigenvalue weighted by atomic mass is 9.89. The van der Waals surface area contributed by atoms with Crippen LogP contribution in [0.25, 0.3) is 0 Å². The first-order valence-corrected chi connectivity index (χ1v) is 9.78. The first-order chi connectivity index (χ1) is 13.0. The number of carbonyl (C=O) groups is 2. The fourth-order valence-electron chi connectivity index (χ4n) is 3.19. The fourth-order valence-corrected chi connectivity index (χ4v) is 3.79. The molecule has 0 unspecified atom stereocenters. The number of morpholine rings is 1. The Hall–Kier alpha value is -1.72. The number of rotatable bonds is 3. The van der Waals surface area contributed by atoms with E-state index in [1.54, 1.807) is 11.3 Å². The predicted octanol–water partition coefficient (Wildman–Crippen LogP) is 2.30. The topological polar surface area (TPSA) is 83.0 Å². The number of aromatic nitrogens is 1. The van der Waals surface area contributed by atoms with Crippen molar-refractivity contribution in [2.24, 2.45) is 0 Å². The van der Waals surface area contributed by atoms with Gasteiger partial charge in [-0.3, -0.25) is 4.79 Å². The monoisotopic (exact) mass is 423 g/mol. The van der Waals surface area contributed by atoms with Gasteiger partial charge in [0, 0.05) is 18.5 Å². The molecule has 2 fully saturated rings. The van der Waals surface area contributed by atoms with Crippen LogP contribution in [0.1, 0.15) is 30.5 Å². The highest BCUT2D eigenvalue weighted by Crippen LogP contribution is 2.31. The Bertz CT molecular complexity index is 687. The van der Waals surface area contributed by atoms with E-state index in [2.05, 4.69) is 16.8 Å².